The van der Waals surface area contributed by atoms with Gasteiger partial charge in [-0.2, -0.15) is 0 Å². The maximum atomic E-state index is 11.8. The van der Waals surface area contributed by atoms with Gasteiger partial charge in [0.1, 0.15) is 17.6 Å². The molecule has 1 unspecified atom stereocenters. The van der Waals surface area contributed by atoms with E-state index in [9.17, 15) is 9.59 Å². The molecule has 0 radical (unpaired) electrons. The lowest BCUT2D eigenvalue weighted by atomic mass is 10.0. The summed E-state index contributed by atoms with van der Waals surface area (Å²) in [6, 6.07) is 3.99. The third-order valence-corrected chi connectivity index (χ3v) is 2.26. The fourth-order valence-corrected chi connectivity index (χ4v) is 1.36. The monoisotopic (exact) mass is 272 g/mol. The molecule has 1 rings (SSSR count). The molecular formula is C11H17ClN4O2. The van der Waals surface area contributed by atoms with Gasteiger partial charge in [0.05, 0.1) is 0 Å². The minimum atomic E-state index is -0.717. The average molecular weight is 273 g/mol. The molecule has 0 saturated carbocycles. The van der Waals surface area contributed by atoms with Crippen molar-refractivity contribution in [1.82, 2.24) is 10.3 Å². The molecule has 1 heterocycles. The highest BCUT2D eigenvalue weighted by Crippen LogP contribution is 2.04. The molecule has 18 heavy (non-hydrogen) atoms. The number of hydrogen-bond donors (Lipinski definition) is 3. The summed E-state index contributed by atoms with van der Waals surface area (Å²) in [6.45, 7) is 3.59. The van der Waals surface area contributed by atoms with Crippen LogP contribution in [0.1, 0.15) is 24.3 Å². The van der Waals surface area contributed by atoms with Gasteiger partial charge >= 0.3 is 0 Å². The van der Waals surface area contributed by atoms with E-state index >= 15 is 0 Å². The van der Waals surface area contributed by atoms with Crippen molar-refractivity contribution < 1.29 is 9.59 Å². The second-order valence-electron chi connectivity index (χ2n) is 4.05. The van der Waals surface area contributed by atoms with E-state index in [1.165, 1.54) is 6.07 Å². The van der Waals surface area contributed by atoms with E-state index in [1.807, 2.05) is 0 Å². The van der Waals surface area contributed by atoms with Crippen LogP contribution in [0.4, 0.5) is 5.82 Å². The molecule has 0 aliphatic rings. The number of nitrogen functional groups attached to an aromatic ring is 1. The lowest BCUT2D eigenvalue weighted by Crippen LogP contribution is -2.47. The summed E-state index contributed by atoms with van der Waals surface area (Å²) in [5, 5.41) is 2.53. The zero-order chi connectivity index (χ0) is 13.0. The second-order valence-corrected chi connectivity index (χ2v) is 4.05. The number of aromatic nitrogens is 1. The quantitative estimate of drug-likeness (QED) is 0.733. The Balaban J connectivity index is 0.00000289. The summed E-state index contributed by atoms with van der Waals surface area (Å²) >= 11 is 0. The molecular weight excluding hydrogens is 256 g/mol. The van der Waals surface area contributed by atoms with E-state index in [1.54, 1.807) is 26.0 Å². The molecule has 100 valence electrons. The van der Waals surface area contributed by atoms with Crippen molar-refractivity contribution in [2.75, 3.05) is 5.73 Å². The summed E-state index contributed by atoms with van der Waals surface area (Å²) in [5.74, 6) is -0.873. The number of rotatable bonds is 4. The zero-order valence-electron chi connectivity index (χ0n) is 10.2. The summed E-state index contributed by atoms with van der Waals surface area (Å²) in [4.78, 5) is 26.8. The van der Waals surface area contributed by atoms with Crippen LogP contribution in [0.3, 0.4) is 0 Å². The van der Waals surface area contributed by atoms with Crippen LogP contribution in [0, 0.1) is 5.92 Å². The summed E-state index contributed by atoms with van der Waals surface area (Å²) in [7, 11) is 0. The number of anilines is 1. The van der Waals surface area contributed by atoms with Crippen molar-refractivity contribution >= 4 is 30.0 Å². The van der Waals surface area contributed by atoms with Crippen molar-refractivity contribution in [1.29, 1.82) is 0 Å². The topological polar surface area (TPSA) is 111 Å². The lowest BCUT2D eigenvalue weighted by molar-refractivity contribution is -0.120. The summed E-state index contributed by atoms with van der Waals surface area (Å²) < 4.78 is 0. The van der Waals surface area contributed by atoms with Crippen LogP contribution in [0.25, 0.3) is 0 Å². The van der Waals surface area contributed by atoms with E-state index in [-0.39, 0.29) is 29.8 Å². The van der Waals surface area contributed by atoms with Crippen LogP contribution in [-0.2, 0) is 4.79 Å². The zero-order valence-corrected chi connectivity index (χ0v) is 11.0. The molecule has 0 aliphatic carbocycles. The maximum absolute atomic E-state index is 11.8. The Bertz CT molecular complexity index is 437. The number of nitrogens with one attached hydrogen (secondary N) is 1. The predicted molar refractivity (Wildman–Crippen MR) is 71.2 cm³/mol. The van der Waals surface area contributed by atoms with Crippen molar-refractivity contribution in [2.24, 2.45) is 11.7 Å². The molecule has 2 amide bonds. The van der Waals surface area contributed by atoms with Crippen molar-refractivity contribution in [3.05, 3.63) is 23.9 Å². The Labute approximate surface area is 112 Å². The third-order valence-electron chi connectivity index (χ3n) is 2.26. The second kappa shape index (κ2) is 6.80. The van der Waals surface area contributed by atoms with Gasteiger partial charge in [0.2, 0.25) is 5.91 Å². The van der Waals surface area contributed by atoms with Gasteiger partial charge in [-0.25, -0.2) is 4.98 Å². The molecule has 1 aromatic heterocycles. The van der Waals surface area contributed by atoms with Gasteiger partial charge in [-0.05, 0) is 18.1 Å². The molecule has 1 aromatic rings. The molecule has 6 nitrogen and oxygen atoms in total. The van der Waals surface area contributed by atoms with Crippen LogP contribution in [-0.4, -0.2) is 22.8 Å². The fourth-order valence-electron chi connectivity index (χ4n) is 1.36. The maximum Gasteiger partial charge on any atom is 0.270 e. The van der Waals surface area contributed by atoms with Gasteiger partial charge in [-0.3, -0.25) is 9.59 Å². The summed E-state index contributed by atoms with van der Waals surface area (Å²) in [5.41, 5.74) is 10.8. The number of halogens is 1. The minimum Gasteiger partial charge on any atom is -0.384 e. The highest BCUT2D eigenvalue weighted by molar-refractivity contribution is 5.96. The fraction of sp³-hybridized carbons (Fsp3) is 0.364. The van der Waals surface area contributed by atoms with Gasteiger partial charge in [-0.15, -0.1) is 12.4 Å². The van der Waals surface area contributed by atoms with E-state index in [0.717, 1.165) is 0 Å². The van der Waals surface area contributed by atoms with Crippen LogP contribution < -0.4 is 16.8 Å². The van der Waals surface area contributed by atoms with E-state index in [0.29, 0.717) is 0 Å². The first kappa shape index (κ1) is 16.2. The van der Waals surface area contributed by atoms with Crippen LogP contribution in [0.2, 0.25) is 0 Å². The van der Waals surface area contributed by atoms with Crippen molar-refractivity contribution in [3.63, 3.8) is 0 Å². The van der Waals surface area contributed by atoms with Crippen molar-refractivity contribution in [3.8, 4) is 0 Å². The van der Waals surface area contributed by atoms with Gasteiger partial charge in [-0.1, -0.05) is 19.9 Å². The van der Waals surface area contributed by atoms with Crippen LogP contribution >= 0.6 is 12.4 Å². The number of primary amides is 1. The van der Waals surface area contributed by atoms with E-state index < -0.39 is 17.9 Å². The predicted octanol–water partition coefficient (Wildman–Crippen LogP) is 0.325. The number of nitrogens with two attached hydrogens (primary N) is 2. The average Bonchev–Trinajstić information content (AvgIpc) is 2.24. The van der Waals surface area contributed by atoms with Crippen LogP contribution in [0.5, 0.6) is 0 Å². The highest BCUT2D eigenvalue weighted by atomic mass is 35.5. The van der Waals surface area contributed by atoms with Crippen LogP contribution in [0.15, 0.2) is 18.2 Å². The molecule has 1 atom stereocenters. The molecule has 0 bridgehead atoms. The Hall–Kier alpha value is -1.82. The third kappa shape index (κ3) is 4.21. The Morgan fingerprint density at radius 2 is 1.94 bits per heavy atom. The number of nitrogens with zero attached hydrogens (tertiary/aromatic N) is 1. The van der Waals surface area contributed by atoms with E-state index in [4.69, 9.17) is 11.5 Å². The van der Waals surface area contributed by atoms with Gasteiger partial charge in [0, 0.05) is 0 Å². The SMILES string of the molecule is CC(C)C(NC(=O)c1cccc(N)n1)C(N)=O.Cl. The molecule has 7 heteroatoms. The Morgan fingerprint density at radius 3 is 2.39 bits per heavy atom. The largest absolute Gasteiger partial charge is 0.384 e. The molecule has 0 spiro atoms. The number of hydrogen-bond acceptors (Lipinski definition) is 4. The molecule has 0 fully saturated rings. The number of carbonyl (C=O) groups is 2. The molecule has 0 aliphatic heterocycles. The number of amides is 2. The van der Waals surface area contributed by atoms with Gasteiger partial charge in [0.15, 0.2) is 0 Å². The lowest BCUT2D eigenvalue weighted by Gasteiger charge is -2.18. The first-order valence-corrected chi connectivity index (χ1v) is 5.24. The Morgan fingerprint density at radius 1 is 1.33 bits per heavy atom. The number of carbonyl (C=O) groups excluding carboxylic acids is 2. The van der Waals surface area contributed by atoms with Gasteiger partial charge in [0.25, 0.3) is 5.91 Å². The normalized spacial score (nSPS) is 11.5. The smallest absolute Gasteiger partial charge is 0.270 e. The molecule has 0 saturated heterocycles. The van der Waals surface area contributed by atoms with E-state index in [2.05, 4.69) is 10.3 Å². The first-order valence-electron chi connectivity index (χ1n) is 5.24. The standard InChI is InChI=1S/C11H16N4O2.ClH/c1-6(2)9(10(13)16)15-11(17)7-4-3-5-8(12)14-7;/h3-6,9H,1-2H3,(H2,12,14)(H2,13,16)(H,15,17);1H. The molecule has 5 N–H and O–H groups in total. The minimum absolute atomic E-state index is 0. The highest BCUT2D eigenvalue weighted by Gasteiger charge is 2.22. The number of pyridine rings is 1. The van der Waals surface area contributed by atoms with Gasteiger partial charge < -0.3 is 16.8 Å². The summed E-state index contributed by atoms with van der Waals surface area (Å²) in [6.07, 6.45) is 0. The van der Waals surface area contributed by atoms with Crippen molar-refractivity contribution in [2.45, 2.75) is 19.9 Å². The Kier molecular flexibility index (Phi) is 6.12. The first-order chi connectivity index (χ1) is 7.91. The molecule has 0 aromatic carbocycles.